The molecular weight excluding hydrogens is 328 g/mol. The second-order valence-corrected chi connectivity index (χ2v) is 5.24. The average Bonchev–Trinajstić information content (AvgIpc) is 2.29. The summed E-state index contributed by atoms with van der Waals surface area (Å²) in [6.07, 6.45) is 0.958. The van der Waals surface area contributed by atoms with Crippen molar-refractivity contribution in [2.45, 2.75) is 6.42 Å². The zero-order chi connectivity index (χ0) is 14.9. The van der Waals surface area contributed by atoms with Gasteiger partial charge in [-0.15, -0.1) is 0 Å². The molecule has 1 aromatic carbocycles. The number of rotatable bonds is 3. The summed E-state index contributed by atoms with van der Waals surface area (Å²) in [6.45, 7) is 0. The largest absolute Gasteiger partial charge is 0.481 e. The molecule has 0 saturated heterocycles. The van der Waals surface area contributed by atoms with E-state index in [0.717, 1.165) is 6.07 Å². The highest BCUT2D eigenvalue weighted by atomic mass is 35.5. The Kier molecular flexibility index (Phi) is 4.48. The number of benzene rings is 1. The van der Waals surface area contributed by atoms with E-state index in [0.29, 0.717) is 5.02 Å². The molecule has 20 heavy (non-hydrogen) atoms. The van der Waals surface area contributed by atoms with Gasteiger partial charge < -0.3 is 5.11 Å². The van der Waals surface area contributed by atoms with E-state index in [9.17, 15) is 9.18 Å². The molecule has 2 aromatic rings. The average molecular weight is 335 g/mol. The molecule has 0 aliphatic carbocycles. The van der Waals surface area contributed by atoms with Gasteiger partial charge in [-0.1, -0.05) is 34.8 Å². The van der Waals surface area contributed by atoms with Gasteiger partial charge >= 0.3 is 5.97 Å². The lowest BCUT2D eigenvalue weighted by molar-refractivity contribution is -0.136. The van der Waals surface area contributed by atoms with E-state index < -0.39 is 11.8 Å². The molecule has 0 spiro atoms. The number of pyridine rings is 1. The number of aromatic nitrogens is 1. The zero-order valence-electron chi connectivity index (χ0n) is 9.83. The van der Waals surface area contributed by atoms with Gasteiger partial charge in [0, 0.05) is 16.8 Å². The van der Waals surface area contributed by atoms with E-state index in [-0.39, 0.29) is 33.3 Å². The third-order valence-corrected chi connectivity index (χ3v) is 3.31. The molecule has 3 nitrogen and oxygen atoms in total. The molecule has 104 valence electrons. The van der Waals surface area contributed by atoms with Gasteiger partial charge in [-0.2, -0.15) is 0 Å². The van der Waals surface area contributed by atoms with E-state index >= 15 is 0 Å². The van der Waals surface area contributed by atoms with E-state index in [1.807, 2.05) is 0 Å². The van der Waals surface area contributed by atoms with Gasteiger partial charge in [0.05, 0.1) is 16.5 Å². The van der Waals surface area contributed by atoms with Crippen LogP contribution >= 0.6 is 34.8 Å². The van der Waals surface area contributed by atoms with Gasteiger partial charge in [-0.05, 0) is 23.8 Å². The van der Waals surface area contributed by atoms with Crippen molar-refractivity contribution in [1.82, 2.24) is 4.98 Å². The number of carboxylic acids is 1. The number of hydrogen-bond acceptors (Lipinski definition) is 2. The lowest BCUT2D eigenvalue weighted by Crippen LogP contribution is -2.02. The Hall–Kier alpha value is -1.36. The monoisotopic (exact) mass is 333 g/mol. The Labute approximate surface area is 128 Å². The lowest BCUT2D eigenvalue weighted by Gasteiger charge is -2.09. The summed E-state index contributed by atoms with van der Waals surface area (Å²) in [5.41, 5.74) is 0.419. The van der Waals surface area contributed by atoms with Crippen molar-refractivity contribution in [2.75, 3.05) is 0 Å². The highest BCUT2D eigenvalue weighted by molar-refractivity contribution is 6.41. The number of carboxylic acid groups (broad SMARTS) is 1. The molecule has 7 heteroatoms. The van der Waals surface area contributed by atoms with Crippen LogP contribution in [-0.4, -0.2) is 16.1 Å². The molecule has 1 aromatic heterocycles. The third kappa shape index (κ3) is 3.20. The van der Waals surface area contributed by atoms with E-state index in [2.05, 4.69) is 4.98 Å². The molecule has 0 bridgehead atoms. The van der Waals surface area contributed by atoms with Crippen LogP contribution in [0.3, 0.4) is 0 Å². The zero-order valence-corrected chi connectivity index (χ0v) is 12.1. The van der Waals surface area contributed by atoms with Gasteiger partial charge in [0.25, 0.3) is 0 Å². The van der Waals surface area contributed by atoms with Gasteiger partial charge in [-0.3, -0.25) is 9.78 Å². The minimum absolute atomic E-state index is 0.0502. The normalized spacial score (nSPS) is 10.6. The first-order chi connectivity index (χ1) is 9.38. The summed E-state index contributed by atoms with van der Waals surface area (Å²) in [5.74, 6) is -1.77. The molecule has 0 atom stereocenters. The first-order valence-electron chi connectivity index (χ1n) is 5.39. The van der Waals surface area contributed by atoms with Crippen molar-refractivity contribution in [2.24, 2.45) is 0 Å². The van der Waals surface area contributed by atoms with Gasteiger partial charge in [0.15, 0.2) is 0 Å². The van der Waals surface area contributed by atoms with Crippen molar-refractivity contribution in [3.8, 4) is 11.3 Å². The molecule has 0 saturated carbocycles. The van der Waals surface area contributed by atoms with Gasteiger partial charge in [-0.25, -0.2) is 4.39 Å². The Balaban J connectivity index is 2.51. The first kappa shape index (κ1) is 15.0. The number of nitrogens with zero attached hydrogens (tertiary/aromatic N) is 1. The quantitative estimate of drug-likeness (QED) is 0.900. The number of halogens is 4. The van der Waals surface area contributed by atoms with Crippen LogP contribution in [0.2, 0.25) is 15.1 Å². The molecule has 1 heterocycles. The molecular formula is C13H7Cl3FNO2. The van der Waals surface area contributed by atoms with Gasteiger partial charge in [0.1, 0.15) is 11.5 Å². The van der Waals surface area contributed by atoms with Crippen molar-refractivity contribution >= 4 is 40.8 Å². The fraction of sp³-hybridized carbons (Fsp3) is 0.0769. The van der Waals surface area contributed by atoms with E-state index in [1.54, 1.807) is 0 Å². The maximum atomic E-state index is 14.0. The standard InChI is InChI=1S/C13H7Cl3FNO2/c14-7-3-8(15)12(9(16)4-7)13-10(17)1-6(5-18-13)2-11(19)20/h1,3-5H,2H2,(H,19,20). The van der Waals surface area contributed by atoms with Crippen molar-refractivity contribution in [3.63, 3.8) is 0 Å². The summed E-state index contributed by atoms with van der Waals surface area (Å²) in [4.78, 5) is 14.5. The molecule has 0 fully saturated rings. The number of carbonyl (C=O) groups is 1. The third-order valence-electron chi connectivity index (χ3n) is 2.50. The number of aliphatic carboxylic acids is 1. The molecule has 0 aliphatic rings. The Bertz CT molecular complexity index is 668. The van der Waals surface area contributed by atoms with Crippen LogP contribution in [0.4, 0.5) is 4.39 Å². The lowest BCUT2D eigenvalue weighted by atomic mass is 10.1. The highest BCUT2D eigenvalue weighted by Crippen LogP contribution is 2.37. The molecule has 0 amide bonds. The second kappa shape index (κ2) is 5.95. The van der Waals surface area contributed by atoms with Gasteiger partial charge in [0.2, 0.25) is 0 Å². The van der Waals surface area contributed by atoms with Crippen LogP contribution in [-0.2, 0) is 11.2 Å². The minimum atomic E-state index is -1.07. The van der Waals surface area contributed by atoms with Crippen molar-refractivity contribution < 1.29 is 14.3 Å². The maximum Gasteiger partial charge on any atom is 0.307 e. The van der Waals surface area contributed by atoms with Crippen LogP contribution < -0.4 is 0 Å². The second-order valence-electron chi connectivity index (χ2n) is 3.99. The summed E-state index contributed by atoms with van der Waals surface area (Å²) in [6, 6.07) is 3.95. The van der Waals surface area contributed by atoms with Crippen molar-refractivity contribution in [3.05, 3.63) is 50.8 Å². The summed E-state index contributed by atoms with van der Waals surface area (Å²) >= 11 is 17.8. The predicted octanol–water partition coefficient (Wildman–Crippen LogP) is 4.48. The van der Waals surface area contributed by atoms with Crippen LogP contribution in [0.25, 0.3) is 11.3 Å². The topological polar surface area (TPSA) is 50.2 Å². The molecule has 0 unspecified atom stereocenters. The summed E-state index contributed by atoms with van der Waals surface area (Å²) in [7, 11) is 0. The Morgan fingerprint density at radius 1 is 1.20 bits per heavy atom. The first-order valence-corrected chi connectivity index (χ1v) is 6.53. The smallest absolute Gasteiger partial charge is 0.307 e. The van der Waals surface area contributed by atoms with Crippen LogP contribution in [0.15, 0.2) is 24.4 Å². The Morgan fingerprint density at radius 3 is 2.30 bits per heavy atom. The Morgan fingerprint density at radius 2 is 1.80 bits per heavy atom. The number of hydrogen-bond donors (Lipinski definition) is 1. The predicted molar refractivity (Wildman–Crippen MR) is 76.0 cm³/mol. The fourth-order valence-corrected chi connectivity index (χ4v) is 2.70. The minimum Gasteiger partial charge on any atom is -0.481 e. The van der Waals surface area contributed by atoms with E-state index in [4.69, 9.17) is 39.9 Å². The summed E-state index contributed by atoms with van der Waals surface area (Å²) < 4.78 is 14.0. The highest BCUT2D eigenvalue weighted by Gasteiger charge is 2.16. The van der Waals surface area contributed by atoms with Crippen LogP contribution in [0.1, 0.15) is 5.56 Å². The summed E-state index contributed by atoms with van der Waals surface area (Å²) in [5, 5.41) is 9.31. The maximum absolute atomic E-state index is 14.0. The van der Waals surface area contributed by atoms with E-state index in [1.165, 1.54) is 18.3 Å². The van der Waals surface area contributed by atoms with Crippen molar-refractivity contribution in [1.29, 1.82) is 0 Å². The molecule has 2 rings (SSSR count). The molecule has 0 aliphatic heterocycles. The SMILES string of the molecule is O=C(O)Cc1cnc(-c2c(Cl)cc(Cl)cc2Cl)c(F)c1. The fourth-order valence-electron chi connectivity index (χ4n) is 1.70. The molecule has 1 N–H and O–H groups in total. The van der Waals surface area contributed by atoms with Crippen LogP contribution in [0.5, 0.6) is 0 Å². The molecule has 0 radical (unpaired) electrons. The van der Waals surface area contributed by atoms with Crippen LogP contribution in [0, 0.1) is 5.82 Å².